The summed E-state index contributed by atoms with van der Waals surface area (Å²) in [5.41, 5.74) is 9.96. The average molecular weight is 1070 g/mol. The summed E-state index contributed by atoms with van der Waals surface area (Å²) in [6.45, 7) is 1.85. The smallest absolute Gasteiger partial charge is 0.338 e. The lowest BCUT2D eigenvalue weighted by Crippen LogP contribution is -2.33. The molecule has 0 unspecified atom stereocenters. The third-order valence-electron chi connectivity index (χ3n) is 14.1. The highest BCUT2D eigenvalue weighted by Crippen LogP contribution is 2.47. The van der Waals surface area contributed by atoms with Crippen LogP contribution < -0.4 is 33.2 Å². The number of ether oxygens (including phenoxy) is 8. The standard InChI is InChI=1S/C72H62O9/c73-72(61-42-68(77-48-55-29-14-4-15-30-55)71(80-51-58-35-20-7-21-36-58)69(43-61)78-49-56-31-16-5-17-32-56)81-65-39-59-37-22-38-64(74-45-52-23-8-1-9-24-52)62(59)44-63(65)60-40-66(75-46-53-25-10-2-11-26-53)70(79-50-57-33-18-6-19-34-57)67(41-60)76-47-54-27-12-3-13-28-54/h1-38,40-43,63,65H,39,44-51H2/t63-,65-/m0/s1. The van der Waals surface area contributed by atoms with Gasteiger partial charge in [0.1, 0.15) is 58.1 Å². The molecule has 404 valence electrons. The lowest BCUT2D eigenvalue weighted by atomic mass is 9.77. The van der Waals surface area contributed by atoms with E-state index < -0.39 is 18.0 Å². The van der Waals surface area contributed by atoms with Gasteiger partial charge in [-0.05, 0) is 92.4 Å². The van der Waals surface area contributed by atoms with Crippen molar-refractivity contribution in [3.05, 3.63) is 316 Å². The molecule has 0 radical (unpaired) electrons. The third-order valence-corrected chi connectivity index (χ3v) is 14.1. The maximum atomic E-state index is 15.3. The number of carbonyl (C=O) groups is 1. The van der Waals surface area contributed by atoms with Crippen LogP contribution in [-0.4, -0.2) is 12.1 Å². The van der Waals surface area contributed by atoms with Gasteiger partial charge in [-0.15, -0.1) is 0 Å². The highest BCUT2D eigenvalue weighted by atomic mass is 16.6. The molecule has 10 aromatic rings. The molecule has 0 spiro atoms. The van der Waals surface area contributed by atoms with Gasteiger partial charge in [0.2, 0.25) is 11.5 Å². The van der Waals surface area contributed by atoms with Crippen molar-refractivity contribution >= 4 is 5.97 Å². The molecule has 0 aromatic heterocycles. The fourth-order valence-corrected chi connectivity index (χ4v) is 9.90. The number of fused-ring (bicyclic) bond motifs is 1. The van der Waals surface area contributed by atoms with Gasteiger partial charge in [-0.3, -0.25) is 0 Å². The average Bonchev–Trinajstić information content (AvgIpc) is 3.53. The zero-order valence-electron chi connectivity index (χ0n) is 44.9. The summed E-state index contributed by atoms with van der Waals surface area (Å²) >= 11 is 0. The lowest BCUT2D eigenvalue weighted by molar-refractivity contribution is 0.0213. The van der Waals surface area contributed by atoms with Gasteiger partial charge < -0.3 is 37.9 Å². The molecule has 0 saturated carbocycles. The van der Waals surface area contributed by atoms with Crippen LogP contribution in [0.5, 0.6) is 40.2 Å². The normalized spacial score (nSPS) is 13.5. The molecule has 0 fully saturated rings. The molecule has 0 N–H and O–H groups in total. The summed E-state index contributed by atoms with van der Waals surface area (Å²) in [5, 5.41) is 0. The van der Waals surface area contributed by atoms with Gasteiger partial charge in [0.15, 0.2) is 23.0 Å². The minimum Gasteiger partial charge on any atom is -0.489 e. The quantitative estimate of drug-likeness (QED) is 0.0549. The van der Waals surface area contributed by atoms with E-state index >= 15 is 4.79 Å². The molecule has 9 nitrogen and oxygen atoms in total. The van der Waals surface area contributed by atoms with E-state index in [0.717, 1.165) is 61.4 Å². The molecule has 0 amide bonds. The monoisotopic (exact) mass is 1070 g/mol. The van der Waals surface area contributed by atoms with E-state index in [4.69, 9.17) is 37.9 Å². The van der Waals surface area contributed by atoms with Crippen molar-refractivity contribution < 1.29 is 42.7 Å². The summed E-state index contributed by atoms with van der Waals surface area (Å²) in [6.07, 6.45) is 0.154. The molecule has 0 bridgehead atoms. The van der Waals surface area contributed by atoms with Crippen molar-refractivity contribution in [2.24, 2.45) is 0 Å². The molecule has 1 aliphatic carbocycles. The van der Waals surface area contributed by atoms with E-state index in [1.165, 1.54) is 0 Å². The zero-order valence-corrected chi connectivity index (χ0v) is 44.9. The first-order valence-electron chi connectivity index (χ1n) is 27.4. The van der Waals surface area contributed by atoms with Gasteiger partial charge in [-0.1, -0.05) is 224 Å². The van der Waals surface area contributed by atoms with E-state index in [0.29, 0.717) is 53.9 Å². The first-order valence-corrected chi connectivity index (χ1v) is 27.4. The van der Waals surface area contributed by atoms with Gasteiger partial charge >= 0.3 is 5.97 Å². The van der Waals surface area contributed by atoms with Crippen LogP contribution in [0.25, 0.3) is 0 Å². The van der Waals surface area contributed by atoms with E-state index in [1.807, 2.05) is 224 Å². The Hall–Kier alpha value is -9.73. The molecule has 1 aliphatic rings. The van der Waals surface area contributed by atoms with Crippen LogP contribution in [0, 0.1) is 0 Å². The van der Waals surface area contributed by atoms with E-state index in [2.05, 4.69) is 18.2 Å². The summed E-state index contributed by atoms with van der Waals surface area (Å²) < 4.78 is 53.8. The summed E-state index contributed by atoms with van der Waals surface area (Å²) in [7, 11) is 0. The molecular weight excluding hydrogens is 1010 g/mol. The number of hydrogen-bond donors (Lipinski definition) is 0. The zero-order chi connectivity index (χ0) is 54.8. The highest BCUT2D eigenvalue weighted by molar-refractivity contribution is 5.91. The van der Waals surface area contributed by atoms with Gasteiger partial charge in [-0.25, -0.2) is 4.79 Å². The van der Waals surface area contributed by atoms with Crippen LogP contribution in [0.4, 0.5) is 0 Å². The molecule has 10 aromatic carbocycles. The van der Waals surface area contributed by atoms with Gasteiger partial charge in [0.05, 0.1) is 5.56 Å². The second kappa shape index (κ2) is 26.8. The molecule has 0 saturated heterocycles. The largest absolute Gasteiger partial charge is 0.489 e. The van der Waals surface area contributed by atoms with Crippen molar-refractivity contribution in [3.8, 4) is 40.2 Å². The van der Waals surface area contributed by atoms with E-state index in [1.54, 1.807) is 12.1 Å². The summed E-state index contributed by atoms with van der Waals surface area (Å²) in [5.74, 6) is 2.27. The van der Waals surface area contributed by atoms with Crippen molar-refractivity contribution in [3.63, 3.8) is 0 Å². The fraction of sp³-hybridized carbons (Fsp3) is 0.153. The summed E-state index contributed by atoms with van der Waals surface area (Å²) in [6, 6.07) is 83.5. The van der Waals surface area contributed by atoms with Crippen LogP contribution >= 0.6 is 0 Å². The number of hydrogen-bond acceptors (Lipinski definition) is 9. The lowest BCUT2D eigenvalue weighted by Gasteiger charge is -2.34. The predicted molar refractivity (Wildman–Crippen MR) is 314 cm³/mol. The third kappa shape index (κ3) is 14.3. The second-order valence-corrected chi connectivity index (χ2v) is 19.9. The fourth-order valence-electron chi connectivity index (χ4n) is 9.90. The Morgan fingerprint density at radius 1 is 0.321 bits per heavy atom. The minimum atomic E-state index is -0.689. The van der Waals surface area contributed by atoms with Crippen LogP contribution in [0.2, 0.25) is 0 Å². The topological polar surface area (TPSA) is 90.9 Å². The number of esters is 1. The molecular formula is C72H62O9. The first-order chi connectivity index (χ1) is 40.0. The number of rotatable bonds is 24. The maximum Gasteiger partial charge on any atom is 0.338 e. The number of carbonyl (C=O) groups excluding carboxylic acids is 1. The number of benzene rings is 10. The van der Waals surface area contributed by atoms with Crippen LogP contribution in [-0.2, 0) is 63.8 Å². The highest BCUT2D eigenvalue weighted by Gasteiger charge is 2.36. The maximum absolute atomic E-state index is 15.3. The molecule has 11 rings (SSSR count). The molecule has 0 heterocycles. The Labute approximate surface area is 473 Å². The van der Waals surface area contributed by atoms with Crippen molar-refractivity contribution in [2.45, 2.75) is 71.1 Å². The van der Waals surface area contributed by atoms with Crippen LogP contribution in [0.1, 0.15) is 71.9 Å². The molecule has 0 aliphatic heterocycles. The summed E-state index contributed by atoms with van der Waals surface area (Å²) in [4.78, 5) is 15.3. The first kappa shape index (κ1) is 53.3. The van der Waals surface area contributed by atoms with E-state index in [-0.39, 0.29) is 45.2 Å². The van der Waals surface area contributed by atoms with Gasteiger partial charge in [0, 0.05) is 12.3 Å². The van der Waals surface area contributed by atoms with Crippen LogP contribution in [0.15, 0.2) is 255 Å². The van der Waals surface area contributed by atoms with Crippen LogP contribution in [0.3, 0.4) is 0 Å². The Morgan fingerprint density at radius 3 is 0.975 bits per heavy atom. The molecule has 2 atom stereocenters. The Balaban J connectivity index is 1.00. The van der Waals surface area contributed by atoms with Gasteiger partial charge in [0.25, 0.3) is 0 Å². The molecule has 9 heteroatoms. The Kier molecular flexibility index (Phi) is 17.6. The van der Waals surface area contributed by atoms with Gasteiger partial charge in [-0.2, -0.15) is 0 Å². The van der Waals surface area contributed by atoms with E-state index in [9.17, 15) is 0 Å². The predicted octanol–water partition coefficient (Wildman–Crippen LogP) is 15.8. The second-order valence-electron chi connectivity index (χ2n) is 19.9. The Bertz CT molecular complexity index is 3450. The molecule has 81 heavy (non-hydrogen) atoms. The minimum absolute atomic E-state index is 0.212. The van der Waals surface area contributed by atoms with Crippen molar-refractivity contribution in [2.75, 3.05) is 0 Å². The Morgan fingerprint density at radius 2 is 0.630 bits per heavy atom. The SMILES string of the molecule is O=C(O[C@H]1Cc2cccc(OCc3ccccc3)c2C[C@H]1c1cc(OCc2ccccc2)c(OCc2ccccc2)c(OCc2ccccc2)c1)c1cc(OCc2ccccc2)c(OCc2ccccc2)c(OCc2ccccc2)c1. The van der Waals surface area contributed by atoms with Crippen molar-refractivity contribution in [1.82, 2.24) is 0 Å². The van der Waals surface area contributed by atoms with Crippen molar-refractivity contribution in [1.29, 1.82) is 0 Å².